The number of para-hydroxylation sites is 1. The zero-order valence-electron chi connectivity index (χ0n) is 10.7. The molecule has 0 aliphatic rings. The SMILES string of the molecule is Cc1ccc(C(=O)Nc2c(C)cccc2F)c(O)c1. The Hall–Kier alpha value is -2.36. The third-order valence-corrected chi connectivity index (χ3v) is 2.86. The van der Waals surface area contributed by atoms with Gasteiger partial charge in [0.15, 0.2) is 0 Å². The first-order valence-corrected chi connectivity index (χ1v) is 5.85. The molecule has 19 heavy (non-hydrogen) atoms. The molecule has 1 amide bonds. The van der Waals surface area contributed by atoms with Crippen LogP contribution in [0.1, 0.15) is 21.5 Å². The number of anilines is 1. The molecule has 3 nitrogen and oxygen atoms in total. The summed E-state index contributed by atoms with van der Waals surface area (Å²) >= 11 is 0. The molecule has 2 N–H and O–H groups in total. The fourth-order valence-corrected chi connectivity index (χ4v) is 1.80. The van der Waals surface area contributed by atoms with E-state index in [-0.39, 0.29) is 17.0 Å². The minimum Gasteiger partial charge on any atom is -0.507 e. The van der Waals surface area contributed by atoms with Crippen LogP contribution in [0.3, 0.4) is 0 Å². The Bertz CT molecular complexity index is 618. The smallest absolute Gasteiger partial charge is 0.259 e. The molecule has 0 bridgehead atoms. The van der Waals surface area contributed by atoms with E-state index in [9.17, 15) is 14.3 Å². The first-order valence-electron chi connectivity index (χ1n) is 5.85. The fraction of sp³-hybridized carbons (Fsp3) is 0.133. The second kappa shape index (κ2) is 5.10. The molecule has 0 saturated heterocycles. The average Bonchev–Trinajstić information content (AvgIpc) is 2.33. The zero-order chi connectivity index (χ0) is 14.0. The van der Waals surface area contributed by atoms with Crippen molar-refractivity contribution in [3.63, 3.8) is 0 Å². The van der Waals surface area contributed by atoms with Crippen LogP contribution in [0.15, 0.2) is 36.4 Å². The Morgan fingerprint density at radius 1 is 1.21 bits per heavy atom. The normalized spacial score (nSPS) is 10.3. The number of amides is 1. The molecule has 0 atom stereocenters. The second-order valence-corrected chi connectivity index (χ2v) is 4.41. The number of halogens is 1. The van der Waals surface area contributed by atoms with Crippen LogP contribution >= 0.6 is 0 Å². The Labute approximate surface area is 110 Å². The van der Waals surface area contributed by atoms with Gasteiger partial charge in [-0.25, -0.2) is 4.39 Å². The molecule has 0 unspecified atom stereocenters. The number of hydrogen-bond donors (Lipinski definition) is 2. The minimum absolute atomic E-state index is 0.119. The Kier molecular flexibility index (Phi) is 3.51. The van der Waals surface area contributed by atoms with Gasteiger partial charge in [-0.3, -0.25) is 4.79 Å². The van der Waals surface area contributed by atoms with E-state index in [4.69, 9.17) is 0 Å². The molecule has 0 aliphatic heterocycles. The van der Waals surface area contributed by atoms with E-state index in [2.05, 4.69) is 5.32 Å². The predicted molar refractivity (Wildman–Crippen MR) is 71.9 cm³/mol. The molecule has 0 radical (unpaired) electrons. The first kappa shape index (κ1) is 13.1. The van der Waals surface area contributed by atoms with E-state index in [1.54, 1.807) is 25.1 Å². The van der Waals surface area contributed by atoms with Crippen LogP contribution in [0.2, 0.25) is 0 Å². The number of carbonyl (C=O) groups is 1. The number of carbonyl (C=O) groups excluding carboxylic acids is 1. The van der Waals surface area contributed by atoms with Gasteiger partial charge in [0, 0.05) is 0 Å². The predicted octanol–water partition coefficient (Wildman–Crippen LogP) is 3.40. The summed E-state index contributed by atoms with van der Waals surface area (Å²) in [5.41, 5.74) is 1.72. The summed E-state index contributed by atoms with van der Waals surface area (Å²) in [5.74, 6) is -1.16. The maximum absolute atomic E-state index is 13.6. The molecule has 0 saturated carbocycles. The van der Waals surface area contributed by atoms with E-state index in [0.717, 1.165) is 5.56 Å². The van der Waals surface area contributed by atoms with Crippen molar-refractivity contribution in [2.75, 3.05) is 5.32 Å². The van der Waals surface area contributed by atoms with Gasteiger partial charge in [0.2, 0.25) is 0 Å². The van der Waals surface area contributed by atoms with Crippen molar-refractivity contribution in [1.82, 2.24) is 0 Å². The van der Waals surface area contributed by atoms with Gasteiger partial charge in [-0.05, 0) is 43.2 Å². The standard InChI is InChI=1S/C15H14FNO2/c1-9-6-7-11(13(18)8-9)15(19)17-14-10(2)4-3-5-12(14)16/h3-8,18H,1-2H3,(H,17,19). The van der Waals surface area contributed by atoms with Crippen LogP contribution in [0.4, 0.5) is 10.1 Å². The van der Waals surface area contributed by atoms with Gasteiger partial charge in [-0.15, -0.1) is 0 Å². The van der Waals surface area contributed by atoms with Crippen molar-refractivity contribution in [2.45, 2.75) is 13.8 Å². The lowest BCUT2D eigenvalue weighted by Crippen LogP contribution is -2.14. The van der Waals surface area contributed by atoms with Crippen molar-refractivity contribution in [1.29, 1.82) is 0 Å². The number of rotatable bonds is 2. The summed E-state index contributed by atoms with van der Waals surface area (Å²) < 4.78 is 13.6. The number of nitrogens with one attached hydrogen (secondary N) is 1. The maximum atomic E-state index is 13.6. The van der Waals surface area contributed by atoms with Crippen molar-refractivity contribution in [2.24, 2.45) is 0 Å². The van der Waals surface area contributed by atoms with Crippen LogP contribution in [-0.4, -0.2) is 11.0 Å². The highest BCUT2D eigenvalue weighted by Gasteiger charge is 2.14. The number of hydrogen-bond acceptors (Lipinski definition) is 2. The van der Waals surface area contributed by atoms with Gasteiger partial charge in [-0.1, -0.05) is 18.2 Å². The van der Waals surface area contributed by atoms with Crippen molar-refractivity contribution in [3.05, 3.63) is 58.9 Å². The topological polar surface area (TPSA) is 49.3 Å². The number of aryl methyl sites for hydroxylation is 2. The molecule has 4 heteroatoms. The molecule has 2 aromatic rings. The molecule has 2 rings (SSSR count). The first-order chi connectivity index (χ1) is 8.99. The van der Waals surface area contributed by atoms with Crippen LogP contribution in [0.5, 0.6) is 5.75 Å². The fourth-order valence-electron chi connectivity index (χ4n) is 1.80. The van der Waals surface area contributed by atoms with Gasteiger partial charge in [0.25, 0.3) is 5.91 Å². The molecule has 0 spiro atoms. The maximum Gasteiger partial charge on any atom is 0.259 e. The van der Waals surface area contributed by atoms with Gasteiger partial charge < -0.3 is 10.4 Å². The molecule has 0 aromatic heterocycles. The van der Waals surface area contributed by atoms with Crippen molar-refractivity contribution < 1.29 is 14.3 Å². The quantitative estimate of drug-likeness (QED) is 0.868. The Balaban J connectivity index is 2.31. The zero-order valence-corrected chi connectivity index (χ0v) is 10.7. The molecular weight excluding hydrogens is 245 g/mol. The Morgan fingerprint density at radius 3 is 2.58 bits per heavy atom. The Morgan fingerprint density at radius 2 is 1.95 bits per heavy atom. The summed E-state index contributed by atoms with van der Waals surface area (Å²) in [7, 11) is 0. The van der Waals surface area contributed by atoms with Gasteiger partial charge in [0.05, 0.1) is 11.3 Å². The van der Waals surface area contributed by atoms with E-state index in [0.29, 0.717) is 5.56 Å². The summed E-state index contributed by atoms with van der Waals surface area (Å²) in [4.78, 5) is 12.0. The molecule has 0 fully saturated rings. The monoisotopic (exact) mass is 259 g/mol. The third-order valence-electron chi connectivity index (χ3n) is 2.86. The van der Waals surface area contributed by atoms with Crippen LogP contribution in [0.25, 0.3) is 0 Å². The summed E-state index contributed by atoms with van der Waals surface area (Å²) in [6.45, 7) is 3.51. The van der Waals surface area contributed by atoms with E-state index in [1.807, 2.05) is 6.92 Å². The highest BCUT2D eigenvalue weighted by molar-refractivity contribution is 6.06. The van der Waals surface area contributed by atoms with Crippen LogP contribution in [-0.2, 0) is 0 Å². The second-order valence-electron chi connectivity index (χ2n) is 4.41. The highest BCUT2D eigenvalue weighted by Crippen LogP contribution is 2.23. The summed E-state index contributed by atoms with van der Waals surface area (Å²) in [6, 6.07) is 9.26. The largest absolute Gasteiger partial charge is 0.507 e. The molecule has 98 valence electrons. The molecule has 0 heterocycles. The molecule has 0 aliphatic carbocycles. The van der Waals surface area contributed by atoms with Crippen molar-refractivity contribution in [3.8, 4) is 5.75 Å². The number of aromatic hydroxyl groups is 1. The lowest BCUT2D eigenvalue weighted by molar-refractivity contribution is 0.102. The highest BCUT2D eigenvalue weighted by atomic mass is 19.1. The molecule has 2 aromatic carbocycles. The van der Waals surface area contributed by atoms with E-state index < -0.39 is 11.7 Å². The summed E-state index contributed by atoms with van der Waals surface area (Å²) in [5, 5.41) is 12.2. The van der Waals surface area contributed by atoms with Gasteiger partial charge in [0.1, 0.15) is 11.6 Å². The number of phenolic OH excluding ortho intramolecular Hbond substituents is 1. The average molecular weight is 259 g/mol. The van der Waals surface area contributed by atoms with Gasteiger partial charge in [-0.2, -0.15) is 0 Å². The van der Waals surface area contributed by atoms with Crippen LogP contribution in [0, 0.1) is 19.7 Å². The van der Waals surface area contributed by atoms with Gasteiger partial charge >= 0.3 is 0 Å². The van der Waals surface area contributed by atoms with E-state index in [1.165, 1.54) is 18.2 Å². The molecular formula is C15H14FNO2. The van der Waals surface area contributed by atoms with Crippen molar-refractivity contribution >= 4 is 11.6 Å². The lowest BCUT2D eigenvalue weighted by Gasteiger charge is -2.10. The third kappa shape index (κ3) is 2.73. The van der Waals surface area contributed by atoms with E-state index >= 15 is 0 Å². The lowest BCUT2D eigenvalue weighted by atomic mass is 10.1. The summed E-state index contributed by atoms with van der Waals surface area (Å²) in [6.07, 6.45) is 0. The van der Waals surface area contributed by atoms with Crippen LogP contribution < -0.4 is 5.32 Å². The minimum atomic E-state index is -0.536. The number of benzene rings is 2. The number of phenols is 1.